The van der Waals surface area contributed by atoms with E-state index in [-0.39, 0.29) is 68.1 Å². The number of aliphatic hydroxyl groups is 1. The van der Waals surface area contributed by atoms with Gasteiger partial charge in [-0.25, -0.2) is 24.1 Å². The molecule has 10 rings (SSSR count). The minimum Gasteiger partial charge on any atom is -0.491 e. The van der Waals surface area contributed by atoms with Crippen LogP contribution in [0.15, 0.2) is 72.2 Å². The summed E-state index contributed by atoms with van der Waals surface area (Å²) in [5, 5.41) is 40.3. The number of aromatic carboxylic acids is 1. The van der Waals surface area contributed by atoms with Crippen molar-refractivity contribution in [2.24, 2.45) is 5.41 Å². The van der Waals surface area contributed by atoms with Crippen LogP contribution in [0.25, 0.3) is 20.7 Å². The molecule has 0 spiro atoms. The van der Waals surface area contributed by atoms with Gasteiger partial charge in [-0.05, 0) is 99.2 Å². The first-order valence-corrected chi connectivity index (χ1v) is 31.8. The van der Waals surface area contributed by atoms with Gasteiger partial charge in [-0.2, -0.15) is 0 Å². The highest BCUT2D eigenvalue weighted by Crippen LogP contribution is 2.40. The van der Waals surface area contributed by atoms with E-state index < -0.39 is 41.3 Å². The Hall–Kier alpha value is -7.95. The lowest BCUT2D eigenvalue weighted by Crippen LogP contribution is -2.57. The molecule has 5 N–H and O–H groups in total. The largest absolute Gasteiger partial charge is 0.491 e. The van der Waals surface area contributed by atoms with Crippen molar-refractivity contribution in [2.75, 3.05) is 62.6 Å². The number of carbonyl (C=O) groups excluding carboxylic acids is 4. The van der Waals surface area contributed by atoms with Crippen LogP contribution in [0.3, 0.4) is 0 Å². The Labute approximate surface area is 516 Å². The van der Waals surface area contributed by atoms with Crippen molar-refractivity contribution >= 4 is 95.7 Å². The number of piperazine rings is 1. The average molecular weight is 1240 g/mol. The standard InChI is InChI=1S/C63H71FN12O8S3/c1-38-44-14-11-27-75(57(44)72-71-56(38)70-61-67-46-15-6-7-16-49(46)86-61)62-69-53(60(82)83)50(87-62)17-12-32-84-48-25-22-40(33-45(48)64)13-10-26-73-28-30-74(31-29-73)52(79)19-9-8-18-51(78)68-55(63(3,4)5)59(81)76-36-43(77)34-47(76)58(80)65-35-41-20-23-42(24-21-41)54-39(2)66-37-85-54/h6-7,15-16,20-25,33,37,43,47,55,77H,8-9,11-12,14,17-19,26-32,34-36H2,1-5H3,(H,65,80)(H,68,78)(H,82,83)(H,67,70,71)/t43-,47+,55-/m1/s1. The van der Waals surface area contributed by atoms with Crippen LogP contribution in [0.2, 0.25) is 0 Å². The predicted molar refractivity (Wildman–Crippen MR) is 334 cm³/mol. The Bertz CT molecular complexity index is 3680. The van der Waals surface area contributed by atoms with E-state index in [1.54, 1.807) is 29.0 Å². The summed E-state index contributed by atoms with van der Waals surface area (Å²) in [7, 11) is 0. The van der Waals surface area contributed by atoms with Gasteiger partial charge in [0.1, 0.15) is 12.1 Å². The van der Waals surface area contributed by atoms with Gasteiger partial charge in [0.25, 0.3) is 0 Å². The summed E-state index contributed by atoms with van der Waals surface area (Å²) in [6, 6.07) is 18.5. The van der Waals surface area contributed by atoms with Crippen LogP contribution in [0.1, 0.15) is 109 Å². The number of benzene rings is 3. The second-order valence-electron chi connectivity index (χ2n) is 23.1. The van der Waals surface area contributed by atoms with Crippen molar-refractivity contribution in [3.8, 4) is 28.0 Å². The summed E-state index contributed by atoms with van der Waals surface area (Å²) in [4.78, 5) is 89.0. The summed E-state index contributed by atoms with van der Waals surface area (Å²) in [5.41, 5.74) is 7.31. The SMILES string of the molecule is Cc1ncsc1-c1ccc(CNC(=O)[C@@H]2C[C@@H](O)CN2C(=O)[C@@H](NC(=O)CCCCC(=O)N2CCN(CC#Cc3ccc(OCCCc4sc(N5CCCc6c5nnc(Nc5nc7ccccc7s5)c6C)nc4C(=O)O)c(F)c3)CC2)C(C)(C)C)cc1. The molecule has 4 amide bonds. The molecule has 2 saturated heterocycles. The number of aryl methyl sites for hydroxylation is 2. The molecule has 0 saturated carbocycles. The Morgan fingerprint density at radius 3 is 2.44 bits per heavy atom. The molecule has 3 aliphatic rings. The quantitative estimate of drug-likeness (QED) is 0.0333. The number of fused-ring (bicyclic) bond motifs is 2. The highest BCUT2D eigenvalue weighted by molar-refractivity contribution is 7.22. The average Bonchev–Trinajstić information content (AvgIpc) is 2.28. The minimum absolute atomic E-state index is 0.000253. The molecule has 4 aromatic heterocycles. The number of amides is 4. The zero-order valence-electron chi connectivity index (χ0n) is 49.4. The molecule has 3 atom stereocenters. The van der Waals surface area contributed by atoms with Gasteiger partial charge in [0.15, 0.2) is 39.2 Å². The minimum atomic E-state index is -1.13. The number of halogens is 1. The fourth-order valence-electron chi connectivity index (χ4n) is 11.0. The number of nitrogens with one attached hydrogen (secondary N) is 3. The van der Waals surface area contributed by atoms with E-state index in [0.717, 1.165) is 61.0 Å². The molecule has 2 fully saturated rings. The van der Waals surface area contributed by atoms with Gasteiger partial charge in [-0.3, -0.25) is 24.1 Å². The van der Waals surface area contributed by atoms with Gasteiger partial charge < -0.3 is 45.6 Å². The molecule has 7 aromatic rings. The summed E-state index contributed by atoms with van der Waals surface area (Å²) in [5.74, 6) is 4.67. The van der Waals surface area contributed by atoms with E-state index >= 15 is 4.39 Å². The number of hydrogen-bond acceptors (Lipinski definition) is 18. The number of para-hydroxylation sites is 1. The van der Waals surface area contributed by atoms with Crippen LogP contribution in [0, 0.1) is 36.9 Å². The number of aliphatic hydroxyl groups excluding tert-OH is 1. The highest BCUT2D eigenvalue weighted by atomic mass is 32.1. The molecule has 7 heterocycles. The lowest BCUT2D eigenvalue weighted by Gasteiger charge is -2.35. The fourth-order valence-corrected chi connectivity index (χ4v) is 13.8. The van der Waals surface area contributed by atoms with Gasteiger partial charge in [0.2, 0.25) is 23.6 Å². The maximum absolute atomic E-state index is 15.3. The molecule has 0 aliphatic carbocycles. The molecular formula is C63H71FN12O8S3. The molecule has 87 heavy (non-hydrogen) atoms. The third-order valence-electron chi connectivity index (χ3n) is 15.8. The van der Waals surface area contributed by atoms with Crippen molar-refractivity contribution in [1.29, 1.82) is 0 Å². The Kier molecular flexibility index (Phi) is 19.9. The molecule has 3 aliphatic heterocycles. The number of hydrogen-bond donors (Lipinski definition) is 5. The number of ether oxygens (including phenoxy) is 1. The van der Waals surface area contributed by atoms with Crippen molar-refractivity contribution < 1.29 is 43.3 Å². The van der Waals surface area contributed by atoms with Gasteiger partial charge in [0, 0.05) is 86.6 Å². The van der Waals surface area contributed by atoms with Crippen LogP contribution in [0.5, 0.6) is 5.75 Å². The molecule has 0 bridgehead atoms. The first-order chi connectivity index (χ1) is 41.9. The molecule has 3 aromatic carbocycles. The predicted octanol–water partition coefficient (Wildman–Crippen LogP) is 8.83. The van der Waals surface area contributed by atoms with E-state index in [1.165, 1.54) is 33.6 Å². The molecule has 0 unspecified atom stereocenters. The van der Waals surface area contributed by atoms with Crippen molar-refractivity contribution in [1.82, 2.24) is 50.5 Å². The van der Waals surface area contributed by atoms with Crippen molar-refractivity contribution in [2.45, 2.75) is 117 Å². The van der Waals surface area contributed by atoms with Gasteiger partial charge >= 0.3 is 5.97 Å². The number of carboxylic acid groups (broad SMARTS) is 1. The van der Waals surface area contributed by atoms with Crippen LogP contribution < -0.4 is 25.6 Å². The summed E-state index contributed by atoms with van der Waals surface area (Å²) < 4.78 is 22.1. The smallest absolute Gasteiger partial charge is 0.355 e. The number of anilines is 4. The molecule has 0 radical (unpaired) electrons. The monoisotopic (exact) mass is 1240 g/mol. The van der Waals surface area contributed by atoms with Crippen molar-refractivity contribution in [3.63, 3.8) is 0 Å². The zero-order chi connectivity index (χ0) is 61.4. The van der Waals surface area contributed by atoms with Crippen LogP contribution in [0.4, 0.5) is 26.3 Å². The first-order valence-electron chi connectivity index (χ1n) is 29.3. The summed E-state index contributed by atoms with van der Waals surface area (Å²) >= 11 is 4.40. The number of β-amino-alcohol motifs (C(OH)–C–C–N with tert-alkyl or cyclic N) is 1. The number of rotatable bonds is 21. The number of unbranched alkanes of at least 4 members (excludes halogenated alkanes) is 1. The lowest BCUT2D eigenvalue weighted by molar-refractivity contribution is -0.144. The Morgan fingerprint density at radius 1 is 0.920 bits per heavy atom. The normalized spacial score (nSPS) is 16.5. The number of aromatic nitrogens is 5. The number of carboxylic acids is 1. The molecular weight excluding hydrogens is 1170 g/mol. The van der Waals surface area contributed by atoms with E-state index in [2.05, 4.69) is 57.8 Å². The number of carbonyl (C=O) groups is 5. The lowest BCUT2D eigenvalue weighted by atomic mass is 9.85. The Balaban J connectivity index is 0.622. The number of nitrogens with zero attached hydrogens (tertiary/aromatic N) is 9. The van der Waals surface area contributed by atoms with E-state index in [0.29, 0.717) is 92.2 Å². The topological polar surface area (TPSA) is 249 Å². The van der Waals surface area contributed by atoms with Crippen LogP contribution in [-0.2, 0) is 38.6 Å². The fraction of sp³-hybridized carbons (Fsp3) is 0.429. The van der Waals surface area contributed by atoms with E-state index in [1.807, 2.05) is 92.9 Å². The van der Waals surface area contributed by atoms with Gasteiger partial charge in [-0.15, -0.1) is 32.9 Å². The first kappa shape index (κ1) is 62.1. The maximum atomic E-state index is 15.3. The second kappa shape index (κ2) is 27.8. The third kappa shape index (κ3) is 15.2. The van der Waals surface area contributed by atoms with Gasteiger partial charge in [-0.1, -0.05) is 80.3 Å². The third-order valence-corrected chi connectivity index (χ3v) is 18.8. The molecule has 20 nitrogen and oxygen atoms in total. The highest BCUT2D eigenvalue weighted by Gasteiger charge is 2.44. The van der Waals surface area contributed by atoms with Crippen LogP contribution >= 0.6 is 34.0 Å². The summed E-state index contributed by atoms with van der Waals surface area (Å²) in [6.45, 7) is 13.2. The number of likely N-dealkylation sites (tertiary alicyclic amines) is 1. The van der Waals surface area contributed by atoms with E-state index in [4.69, 9.17) is 4.74 Å². The van der Waals surface area contributed by atoms with E-state index in [9.17, 15) is 34.2 Å². The Morgan fingerprint density at radius 2 is 1.70 bits per heavy atom. The van der Waals surface area contributed by atoms with Gasteiger partial charge in [0.05, 0.1) is 45.6 Å². The van der Waals surface area contributed by atoms with Crippen LogP contribution in [-0.4, -0.2) is 150 Å². The van der Waals surface area contributed by atoms with Crippen molar-refractivity contribution in [3.05, 3.63) is 117 Å². The maximum Gasteiger partial charge on any atom is 0.355 e. The molecule has 456 valence electrons. The zero-order valence-corrected chi connectivity index (χ0v) is 51.8. The second-order valence-corrected chi connectivity index (χ2v) is 26.1. The molecule has 24 heteroatoms. The summed E-state index contributed by atoms with van der Waals surface area (Å²) in [6.07, 6.45) is 2.90. The number of thiazole rings is 3.